The van der Waals surface area contributed by atoms with Crippen LogP contribution in [-0.4, -0.2) is 15.1 Å². The van der Waals surface area contributed by atoms with Crippen molar-refractivity contribution < 1.29 is 4.57 Å². The van der Waals surface area contributed by atoms with Crippen LogP contribution in [0.15, 0.2) is 59.8 Å². The Balaban J connectivity index is 1.88. The minimum absolute atomic E-state index is 0.552. The van der Waals surface area contributed by atoms with E-state index in [2.05, 4.69) is 79.7 Å². The molecule has 0 N–H and O–H groups in total. The average molecular weight is 360 g/mol. The molecule has 2 aromatic carbocycles. The first-order valence-corrected chi connectivity index (χ1v) is 9.05. The van der Waals surface area contributed by atoms with Gasteiger partial charge in [0.1, 0.15) is 13.1 Å². The number of rotatable bonds is 2. The first-order chi connectivity index (χ1) is 10.3. The summed E-state index contributed by atoms with van der Waals surface area (Å²) in [5.41, 5.74) is 4.01. The van der Waals surface area contributed by atoms with Crippen molar-refractivity contribution in [3.05, 3.63) is 60.2 Å². The van der Waals surface area contributed by atoms with Crippen LogP contribution in [0, 0.1) is 0 Å². The molecule has 4 rings (SSSR count). The molecule has 2 heterocycles. The molecule has 0 spiro atoms. The van der Waals surface area contributed by atoms with E-state index in [0.717, 1.165) is 18.8 Å². The summed E-state index contributed by atoms with van der Waals surface area (Å²) in [6, 6.07) is 19.4. The lowest BCUT2D eigenvalue weighted by molar-refractivity contribution is -0.710. The number of imidazole rings is 1. The molecule has 3 aromatic rings. The number of hydrogen-bond acceptors (Lipinski definition) is 1. The molecule has 106 valence electrons. The summed E-state index contributed by atoms with van der Waals surface area (Å²) >= 11 is 5.72. The van der Waals surface area contributed by atoms with Crippen LogP contribution in [0.25, 0.3) is 11.0 Å². The number of thioether (sulfide) groups is 1. The third-order valence-corrected chi connectivity index (χ3v) is 6.19. The van der Waals surface area contributed by atoms with E-state index in [9.17, 15) is 0 Å². The zero-order valence-electron chi connectivity index (χ0n) is 11.6. The Hall–Kier alpha value is -1.26. The normalized spacial score (nSPS) is 17.9. The zero-order chi connectivity index (χ0) is 14.2. The summed E-state index contributed by atoms with van der Waals surface area (Å²) in [6.07, 6.45) is 0. The van der Waals surface area contributed by atoms with Crippen LogP contribution < -0.4 is 4.57 Å². The van der Waals surface area contributed by atoms with E-state index in [0.29, 0.717) is 4.83 Å². The molecule has 0 aliphatic carbocycles. The number of alkyl halides is 1. The van der Waals surface area contributed by atoms with Gasteiger partial charge < -0.3 is 0 Å². The molecular weight excluding hydrogens is 344 g/mol. The highest BCUT2D eigenvalue weighted by Crippen LogP contribution is 2.29. The molecule has 0 bridgehead atoms. The Bertz CT molecular complexity index is 782. The van der Waals surface area contributed by atoms with E-state index in [-0.39, 0.29) is 0 Å². The first kappa shape index (κ1) is 13.4. The number of benzene rings is 2. The van der Waals surface area contributed by atoms with Gasteiger partial charge >= 0.3 is 5.16 Å². The Labute approximate surface area is 136 Å². The highest BCUT2D eigenvalue weighted by atomic mass is 79.9. The predicted octanol–water partition coefficient (Wildman–Crippen LogP) is 3.85. The van der Waals surface area contributed by atoms with Crippen molar-refractivity contribution in [1.29, 1.82) is 0 Å². The van der Waals surface area contributed by atoms with Crippen LogP contribution >= 0.6 is 27.7 Å². The highest BCUT2D eigenvalue weighted by Gasteiger charge is 2.31. The van der Waals surface area contributed by atoms with Gasteiger partial charge in [0.25, 0.3) is 0 Å². The summed E-state index contributed by atoms with van der Waals surface area (Å²) in [5, 5.41) is 1.37. The number of fused-ring (bicyclic) bond motifs is 3. The van der Waals surface area contributed by atoms with Gasteiger partial charge in [0.2, 0.25) is 0 Å². The summed E-state index contributed by atoms with van der Waals surface area (Å²) in [5.74, 6) is 1.13. The first-order valence-electron chi connectivity index (χ1n) is 7.15. The second-order valence-electron chi connectivity index (χ2n) is 5.36. The number of aromatic nitrogens is 2. The van der Waals surface area contributed by atoms with E-state index in [1.165, 1.54) is 21.8 Å². The number of nitrogens with zero attached hydrogens (tertiary/aromatic N) is 2. The molecule has 0 saturated heterocycles. The lowest BCUT2D eigenvalue weighted by atomic mass is 10.2. The van der Waals surface area contributed by atoms with Gasteiger partial charge in [0, 0.05) is 5.75 Å². The molecule has 0 unspecified atom stereocenters. The minimum atomic E-state index is 0.552. The maximum absolute atomic E-state index is 3.77. The number of para-hydroxylation sites is 2. The molecule has 21 heavy (non-hydrogen) atoms. The van der Waals surface area contributed by atoms with Gasteiger partial charge in [-0.05, 0) is 29.5 Å². The van der Waals surface area contributed by atoms with E-state index in [1.54, 1.807) is 0 Å². The fourth-order valence-electron chi connectivity index (χ4n) is 2.94. The summed E-state index contributed by atoms with van der Waals surface area (Å²) in [7, 11) is 0. The molecular formula is C17H16BrN2S+. The standard InChI is InChI=1S/C17H16BrN2S/c18-14-11-20-16-9-5-4-8-15(16)19(17(20)21-12-14)10-13-6-2-1-3-7-13/h1-9,14H,10-12H2/q+1/t14-/m0/s1. The third-order valence-electron chi connectivity index (χ3n) is 3.88. The fraction of sp³-hybridized carbons (Fsp3) is 0.235. The molecule has 1 atom stereocenters. The lowest BCUT2D eigenvalue weighted by Gasteiger charge is -2.14. The van der Waals surface area contributed by atoms with Crippen LogP contribution in [0.2, 0.25) is 0 Å². The molecule has 2 nitrogen and oxygen atoms in total. The van der Waals surface area contributed by atoms with Crippen molar-refractivity contribution in [2.75, 3.05) is 5.75 Å². The molecule has 1 aliphatic heterocycles. The minimum Gasteiger partial charge on any atom is -0.216 e. The Morgan fingerprint density at radius 3 is 2.71 bits per heavy atom. The maximum atomic E-state index is 3.77. The summed E-state index contributed by atoms with van der Waals surface area (Å²) in [4.78, 5) is 0.552. The van der Waals surface area contributed by atoms with Gasteiger partial charge in [-0.15, -0.1) is 0 Å². The largest absolute Gasteiger partial charge is 0.319 e. The Morgan fingerprint density at radius 1 is 1.10 bits per heavy atom. The number of halogens is 1. The van der Waals surface area contributed by atoms with Crippen LogP contribution in [0.3, 0.4) is 0 Å². The van der Waals surface area contributed by atoms with Crippen molar-refractivity contribution in [1.82, 2.24) is 4.57 Å². The monoisotopic (exact) mass is 359 g/mol. The average Bonchev–Trinajstić information content (AvgIpc) is 2.82. The van der Waals surface area contributed by atoms with Crippen molar-refractivity contribution in [2.24, 2.45) is 0 Å². The molecule has 0 saturated carbocycles. The van der Waals surface area contributed by atoms with Crippen LogP contribution in [-0.2, 0) is 13.1 Å². The van der Waals surface area contributed by atoms with Gasteiger partial charge in [-0.1, -0.05) is 58.4 Å². The molecule has 4 heteroatoms. The van der Waals surface area contributed by atoms with E-state index >= 15 is 0 Å². The smallest absolute Gasteiger partial charge is 0.216 e. The molecule has 0 fully saturated rings. The third kappa shape index (κ3) is 2.40. The van der Waals surface area contributed by atoms with Gasteiger partial charge in [0.05, 0.1) is 4.83 Å². The fourth-order valence-corrected chi connectivity index (χ4v) is 4.71. The SMILES string of the molecule is Br[C@@H]1CSc2n(Cc3ccccc3)c3ccccc3[n+]2C1. The molecule has 0 radical (unpaired) electrons. The molecule has 1 aromatic heterocycles. The highest BCUT2D eigenvalue weighted by molar-refractivity contribution is 9.09. The van der Waals surface area contributed by atoms with Crippen LogP contribution in [0.4, 0.5) is 0 Å². The Morgan fingerprint density at radius 2 is 1.86 bits per heavy atom. The van der Waals surface area contributed by atoms with Gasteiger partial charge in [-0.3, -0.25) is 0 Å². The van der Waals surface area contributed by atoms with Crippen molar-refractivity contribution in [3.63, 3.8) is 0 Å². The van der Waals surface area contributed by atoms with Gasteiger partial charge in [-0.25, -0.2) is 9.13 Å². The topological polar surface area (TPSA) is 8.81 Å². The van der Waals surface area contributed by atoms with Gasteiger partial charge in [-0.2, -0.15) is 0 Å². The number of hydrogen-bond donors (Lipinski definition) is 0. The second-order valence-corrected chi connectivity index (χ2v) is 7.64. The van der Waals surface area contributed by atoms with Gasteiger partial charge in [0.15, 0.2) is 11.0 Å². The quantitative estimate of drug-likeness (QED) is 0.498. The predicted molar refractivity (Wildman–Crippen MR) is 91.1 cm³/mol. The second kappa shape index (κ2) is 5.50. The zero-order valence-corrected chi connectivity index (χ0v) is 14.0. The van der Waals surface area contributed by atoms with E-state index in [4.69, 9.17) is 0 Å². The maximum Gasteiger partial charge on any atom is 0.319 e. The van der Waals surface area contributed by atoms with Crippen molar-refractivity contribution in [3.8, 4) is 0 Å². The molecule has 1 aliphatic rings. The van der Waals surface area contributed by atoms with Crippen LogP contribution in [0.1, 0.15) is 5.56 Å². The van der Waals surface area contributed by atoms with E-state index < -0.39 is 0 Å². The molecule has 0 amide bonds. The Kier molecular flexibility index (Phi) is 3.51. The van der Waals surface area contributed by atoms with Crippen LogP contribution in [0.5, 0.6) is 0 Å². The lowest BCUT2D eigenvalue weighted by Crippen LogP contribution is -2.43. The summed E-state index contributed by atoms with van der Waals surface area (Å²) in [6.45, 7) is 1.98. The van der Waals surface area contributed by atoms with Crippen molar-refractivity contribution in [2.45, 2.75) is 23.1 Å². The van der Waals surface area contributed by atoms with Crippen molar-refractivity contribution >= 4 is 38.7 Å². The van der Waals surface area contributed by atoms with E-state index in [1.807, 2.05) is 11.8 Å². The summed E-state index contributed by atoms with van der Waals surface area (Å²) < 4.78 is 4.90.